The Morgan fingerprint density at radius 2 is 0.673 bits per heavy atom. The Morgan fingerprint density at radius 3 is 1.22 bits per heavy atom. The van der Waals surface area contributed by atoms with Gasteiger partial charge in [-0.3, -0.25) is 0 Å². The molecule has 2 heterocycles. The van der Waals surface area contributed by atoms with Crippen molar-refractivity contribution in [3.8, 4) is 78.7 Å². The summed E-state index contributed by atoms with van der Waals surface area (Å²) in [5.41, 5.74) is 12.5. The molecule has 0 saturated heterocycles. The lowest BCUT2D eigenvalue weighted by Gasteiger charge is -2.10. The highest BCUT2D eigenvalue weighted by atomic mass is 32.1. The summed E-state index contributed by atoms with van der Waals surface area (Å²) >= 11 is 1.80. The predicted octanol–water partition coefficient (Wildman–Crippen LogP) is 13.9. The van der Waals surface area contributed by atoms with Gasteiger partial charge in [0.2, 0.25) is 0 Å². The van der Waals surface area contributed by atoms with Crippen LogP contribution in [0.4, 0.5) is 0 Å². The van der Waals surface area contributed by atoms with Crippen LogP contribution in [0.5, 0.6) is 0 Å². The van der Waals surface area contributed by atoms with Crippen LogP contribution < -0.4 is 0 Å². The van der Waals surface area contributed by atoms with Crippen LogP contribution in [0.2, 0.25) is 0 Å². The van der Waals surface area contributed by atoms with E-state index >= 15 is 0 Å². The molecule has 0 bridgehead atoms. The first-order valence-electron chi connectivity index (χ1n) is 18.4. The van der Waals surface area contributed by atoms with Gasteiger partial charge in [0.05, 0.1) is 0 Å². The second-order valence-electron chi connectivity index (χ2n) is 13.6. The molecule has 55 heavy (non-hydrogen) atoms. The summed E-state index contributed by atoms with van der Waals surface area (Å²) in [4.78, 5) is 15.1. The lowest BCUT2D eigenvalue weighted by atomic mass is 9.95. The maximum absolute atomic E-state index is 5.09. The summed E-state index contributed by atoms with van der Waals surface area (Å²) in [6.45, 7) is 0. The highest BCUT2D eigenvalue weighted by Crippen LogP contribution is 2.42. The fourth-order valence-corrected chi connectivity index (χ4v) is 8.48. The quantitative estimate of drug-likeness (QED) is 0.165. The van der Waals surface area contributed by atoms with Gasteiger partial charge < -0.3 is 0 Å². The standard InChI is InChI=1S/C51H33N3S/c1-4-13-34(14-5-1)39-19-10-20-40(31-39)35-25-27-36(28-26-35)41-21-11-22-42(32-41)43-29-30-46-45(33-43)48-44(23-12-24-47(48)55-46)51-53-49(37-15-6-2-7-16-37)52-50(54-51)38-17-8-3-9-18-38/h1-33H. The molecule has 0 radical (unpaired) electrons. The molecule has 2 aromatic heterocycles. The van der Waals surface area contributed by atoms with Crippen LogP contribution in [0.25, 0.3) is 98.8 Å². The molecule has 258 valence electrons. The summed E-state index contributed by atoms with van der Waals surface area (Å²) in [5, 5.41) is 2.36. The molecule has 0 unspecified atom stereocenters. The van der Waals surface area contributed by atoms with Crippen LogP contribution in [0, 0.1) is 0 Å². The number of fused-ring (bicyclic) bond motifs is 3. The van der Waals surface area contributed by atoms with E-state index in [2.05, 4.69) is 140 Å². The van der Waals surface area contributed by atoms with Gasteiger partial charge in [-0.25, -0.2) is 15.0 Å². The molecular weight excluding hydrogens is 687 g/mol. The molecule has 10 aromatic rings. The summed E-state index contributed by atoms with van der Waals surface area (Å²) in [6, 6.07) is 70.6. The number of benzene rings is 8. The van der Waals surface area contributed by atoms with Crippen molar-refractivity contribution in [1.29, 1.82) is 0 Å². The van der Waals surface area contributed by atoms with Crippen molar-refractivity contribution in [1.82, 2.24) is 15.0 Å². The Labute approximate surface area is 323 Å². The summed E-state index contributed by atoms with van der Waals surface area (Å²) in [5.74, 6) is 1.99. The number of thiophene rings is 1. The third kappa shape index (κ3) is 6.39. The van der Waals surface area contributed by atoms with E-state index in [1.54, 1.807) is 11.3 Å². The van der Waals surface area contributed by atoms with Crippen LogP contribution in [0.3, 0.4) is 0 Å². The first kappa shape index (κ1) is 32.6. The molecule has 0 aliphatic rings. The lowest BCUT2D eigenvalue weighted by Crippen LogP contribution is -2.00. The zero-order chi connectivity index (χ0) is 36.6. The van der Waals surface area contributed by atoms with Crippen molar-refractivity contribution in [2.45, 2.75) is 0 Å². The minimum atomic E-state index is 0.659. The van der Waals surface area contributed by atoms with Crippen molar-refractivity contribution in [3.05, 3.63) is 200 Å². The van der Waals surface area contributed by atoms with Crippen LogP contribution in [0.15, 0.2) is 200 Å². The van der Waals surface area contributed by atoms with Crippen LogP contribution in [-0.2, 0) is 0 Å². The van der Waals surface area contributed by atoms with Gasteiger partial charge in [0.25, 0.3) is 0 Å². The molecule has 10 rings (SSSR count). The zero-order valence-electron chi connectivity index (χ0n) is 29.8. The van der Waals surface area contributed by atoms with E-state index in [0.717, 1.165) is 22.1 Å². The predicted molar refractivity (Wildman–Crippen MR) is 231 cm³/mol. The minimum absolute atomic E-state index is 0.659. The van der Waals surface area contributed by atoms with E-state index in [4.69, 9.17) is 15.0 Å². The van der Waals surface area contributed by atoms with Crippen molar-refractivity contribution in [2.75, 3.05) is 0 Å². The van der Waals surface area contributed by atoms with Gasteiger partial charge in [0, 0.05) is 36.9 Å². The summed E-state index contributed by atoms with van der Waals surface area (Å²) in [7, 11) is 0. The minimum Gasteiger partial charge on any atom is -0.208 e. The Hall–Kier alpha value is -7.01. The molecule has 0 amide bonds. The monoisotopic (exact) mass is 719 g/mol. The van der Waals surface area contributed by atoms with Crippen LogP contribution >= 0.6 is 11.3 Å². The number of aromatic nitrogens is 3. The zero-order valence-corrected chi connectivity index (χ0v) is 30.6. The second kappa shape index (κ2) is 14.1. The Balaban J connectivity index is 1.02. The summed E-state index contributed by atoms with van der Waals surface area (Å²) in [6.07, 6.45) is 0. The molecule has 3 nitrogen and oxygen atoms in total. The summed E-state index contributed by atoms with van der Waals surface area (Å²) < 4.78 is 2.44. The fourth-order valence-electron chi connectivity index (χ4n) is 7.36. The topological polar surface area (TPSA) is 38.7 Å². The van der Waals surface area contributed by atoms with Gasteiger partial charge in [0.15, 0.2) is 17.5 Å². The van der Waals surface area contributed by atoms with E-state index in [1.165, 1.54) is 59.3 Å². The van der Waals surface area contributed by atoms with E-state index in [1.807, 2.05) is 60.7 Å². The van der Waals surface area contributed by atoms with Gasteiger partial charge in [-0.2, -0.15) is 0 Å². The van der Waals surface area contributed by atoms with Crippen molar-refractivity contribution < 1.29 is 0 Å². The van der Waals surface area contributed by atoms with Gasteiger partial charge >= 0.3 is 0 Å². The molecule has 0 atom stereocenters. The molecule has 4 heteroatoms. The SMILES string of the molecule is c1ccc(-c2cccc(-c3ccc(-c4cccc(-c5ccc6sc7cccc(-c8nc(-c9ccccc9)nc(-c9ccccc9)n8)c7c6c5)c4)cc3)c2)cc1. The Morgan fingerprint density at radius 1 is 0.273 bits per heavy atom. The van der Waals surface area contributed by atoms with E-state index in [0.29, 0.717) is 17.5 Å². The van der Waals surface area contributed by atoms with Crippen molar-refractivity contribution >= 4 is 31.5 Å². The van der Waals surface area contributed by atoms with E-state index < -0.39 is 0 Å². The van der Waals surface area contributed by atoms with E-state index in [-0.39, 0.29) is 0 Å². The number of hydrogen-bond acceptors (Lipinski definition) is 4. The van der Waals surface area contributed by atoms with Gasteiger partial charge in [-0.05, 0) is 74.8 Å². The maximum atomic E-state index is 5.09. The number of rotatable bonds is 7. The molecular formula is C51H33N3S. The van der Waals surface area contributed by atoms with Gasteiger partial charge in [-0.15, -0.1) is 11.3 Å². The third-order valence-corrected chi connectivity index (χ3v) is 11.3. The largest absolute Gasteiger partial charge is 0.208 e. The Kier molecular flexibility index (Phi) is 8.36. The first-order chi connectivity index (χ1) is 27.2. The van der Waals surface area contributed by atoms with Gasteiger partial charge in [0.1, 0.15) is 0 Å². The third-order valence-electron chi connectivity index (χ3n) is 10.2. The van der Waals surface area contributed by atoms with Gasteiger partial charge in [-0.1, -0.05) is 170 Å². The average Bonchev–Trinajstić information content (AvgIpc) is 3.66. The molecule has 8 aromatic carbocycles. The lowest BCUT2D eigenvalue weighted by molar-refractivity contribution is 1.08. The van der Waals surface area contributed by atoms with E-state index in [9.17, 15) is 0 Å². The molecule has 0 aliphatic carbocycles. The molecule has 0 saturated carbocycles. The van der Waals surface area contributed by atoms with Crippen molar-refractivity contribution in [2.24, 2.45) is 0 Å². The molecule has 0 fully saturated rings. The fraction of sp³-hybridized carbons (Fsp3) is 0. The smallest absolute Gasteiger partial charge is 0.164 e. The van der Waals surface area contributed by atoms with Crippen LogP contribution in [-0.4, -0.2) is 15.0 Å². The molecule has 0 N–H and O–H groups in total. The first-order valence-corrected chi connectivity index (χ1v) is 19.2. The average molecular weight is 720 g/mol. The van der Waals surface area contributed by atoms with Crippen molar-refractivity contribution in [3.63, 3.8) is 0 Å². The maximum Gasteiger partial charge on any atom is 0.164 e. The Bertz CT molecular complexity index is 2900. The normalized spacial score (nSPS) is 11.3. The molecule has 0 spiro atoms. The highest BCUT2D eigenvalue weighted by Gasteiger charge is 2.17. The highest BCUT2D eigenvalue weighted by molar-refractivity contribution is 7.26. The number of nitrogens with zero attached hydrogens (tertiary/aromatic N) is 3. The molecule has 0 aliphatic heterocycles. The second-order valence-corrected chi connectivity index (χ2v) is 14.7. The number of hydrogen-bond donors (Lipinski definition) is 0. The van der Waals surface area contributed by atoms with Crippen LogP contribution in [0.1, 0.15) is 0 Å².